The first-order chi connectivity index (χ1) is 10.2. The third-order valence-corrected chi connectivity index (χ3v) is 3.63. The molecule has 1 aromatic carbocycles. The quantitative estimate of drug-likeness (QED) is 0.861. The molecule has 7 heteroatoms. The van der Waals surface area contributed by atoms with E-state index in [1.54, 1.807) is 12.1 Å². The van der Waals surface area contributed by atoms with E-state index in [4.69, 9.17) is 20.9 Å². The maximum Gasteiger partial charge on any atom is 0.324 e. The average Bonchev–Trinajstić information content (AvgIpc) is 2.95. The summed E-state index contributed by atoms with van der Waals surface area (Å²) < 4.78 is 10.9. The van der Waals surface area contributed by atoms with E-state index in [2.05, 4.69) is 27.0 Å². The van der Waals surface area contributed by atoms with E-state index in [0.29, 0.717) is 22.6 Å². The van der Waals surface area contributed by atoms with Crippen molar-refractivity contribution >= 4 is 17.6 Å². The van der Waals surface area contributed by atoms with Gasteiger partial charge < -0.3 is 19.1 Å². The van der Waals surface area contributed by atoms with Gasteiger partial charge in [0.15, 0.2) is 6.61 Å². The molecule has 0 unspecified atom stereocenters. The average molecular weight is 309 g/mol. The summed E-state index contributed by atoms with van der Waals surface area (Å²) in [5, 5.41) is 4.59. The van der Waals surface area contributed by atoms with Crippen molar-refractivity contribution in [3.8, 4) is 5.75 Å². The van der Waals surface area contributed by atoms with Crippen molar-refractivity contribution in [1.82, 2.24) is 15.0 Å². The van der Waals surface area contributed by atoms with Gasteiger partial charge in [-0.2, -0.15) is 4.98 Å². The SMILES string of the molecule is CN1CCN(c2nc(COc3cccc(Cl)c3)no2)CC1. The number of nitrogens with zero attached hydrogens (tertiary/aromatic N) is 4. The van der Waals surface area contributed by atoms with Gasteiger partial charge in [0.25, 0.3) is 0 Å². The molecule has 2 heterocycles. The highest BCUT2D eigenvalue weighted by Crippen LogP contribution is 2.19. The lowest BCUT2D eigenvalue weighted by Gasteiger charge is -2.30. The van der Waals surface area contributed by atoms with E-state index in [9.17, 15) is 0 Å². The van der Waals surface area contributed by atoms with Gasteiger partial charge >= 0.3 is 6.01 Å². The first kappa shape index (κ1) is 14.2. The van der Waals surface area contributed by atoms with E-state index in [1.165, 1.54) is 0 Å². The minimum absolute atomic E-state index is 0.261. The normalized spacial score (nSPS) is 16.2. The molecule has 1 fully saturated rings. The Balaban J connectivity index is 1.58. The molecule has 0 spiro atoms. The monoisotopic (exact) mass is 308 g/mol. The number of piperazine rings is 1. The molecule has 0 saturated carbocycles. The minimum Gasteiger partial charge on any atom is -0.485 e. The lowest BCUT2D eigenvalue weighted by atomic mass is 10.3. The van der Waals surface area contributed by atoms with Gasteiger partial charge in [-0.25, -0.2) is 0 Å². The highest BCUT2D eigenvalue weighted by atomic mass is 35.5. The predicted molar refractivity (Wildman–Crippen MR) is 79.8 cm³/mol. The molecule has 1 aromatic heterocycles. The van der Waals surface area contributed by atoms with Gasteiger partial charge in [0.1, 0.15) is 5.75 Å². The molecule has 0 atom stereocenters. The van der Waals surface area contributed by atoms with Crippen LogP contribution in [0.4, 0.5) is 6.01 Å². The predicted octanol–water partition coefficient (Wildman–Crippen LogP) is 2.05. The smallest absolute Gasteiger partial charge is 0.324 e. The number of likely N-dealkylation sites (N-methyl/N-ethyl adjacent to an activating group) is 1. The van der Waals surface area contributed by atoms with Crippen LogP contribution < -0.4 is 9.64 Å². The summed E-state index contributed by atoms with van der Waals surface area (Å²) in [6.45, 7) is 4.05. The van der Waals surface area contributed by atoms with Gasteiger partial charge in [0.05, 0.1) is 0 Å². The van der Waals surface area contributed by atoms with Crippen molar-refractivity contribution in [1.29, 1.82) is 0 Å². The Labute approximate surface area is 128 Å². The molecule has 3 rings (SSSR count). The van der Waals surface area contributed by atoms with Crippen molar-refractivity contribution in [2.75, 3.05) is 38.1 Å². The number of ether oxygens (including phenoxy) is 1. The highest BCUT2D eigenvalue weighted by molar-refractivity contribution is 6.30. The summed E-state index contributed by atoms with van der Waals surface area (Å²) in [6.07, 6.45) is 0. The second-order valence-electron chi connectivity index (χ2n) is 5.03. The van der Waals surface area contributed by atoms with Crippen molar-refractivity contribution < 1.29 is 9.26 Å². The van der Waals surface area contributed by atoms with Crippen LogP contribution in [0.3, 0.4) is 0 Å². The number of hydrogen-bond acceptors (Lipinski definition) is 6. The van der Waals surface area contributed by atoms with Crippen LogP contribution in [0.15, 0.2) is 28.8 Å². The van der Waals surface area contributed by atoms with Gasteiger partial charge in [-0.15, -0.1) is 0 Å². The van der Waals surface area contributed by atoms with Crippen LogP contribution in [0.25, 0.3) is 0 Å². The largest absolute Gasteiger partial charge is 0.485 e. The lowest BCUT2D eigenvalue weighted by molar-refractivity contribution is 0.283. The van der Waals surface area contributed by atoms with Gasteiger partial charge in [0, 0.05) is 31.2 Å². The fraction of sp³-hybridized carbons (Fsp3) is 0.429. The molecule has 112 valence electrons. The van der Waals surface area contributed by atoms with Crippen molar-refractivity contribution in [3.63, 3.8) is 0 Å². The van der Waals surface area contributed by atoms with Crippen LogP contribution in [-0.2, 0) is 6.61 Å². The molecular weight excluding hydrogens is 292 g/mol. The van der Waals surface area contributed by atoms with E-state index in [0.717, 1.165) is 26.2 Å². The van der Waals surface area contributed by atoms with E-state index in [1.807, 2.05) is 12.1 Å². The molecule has 0 bridgehead atoms. The molecule has 0 N–H and O–H groups in total. The van der Waals surface area contributed by atoms with E-state index >= 15 is 0 Å². The molecule has 1 aliphatic rings. The summed E-state index contributed by atoms with van der Waals surface area (Å²) in [5.74, 6) is 1.22. The zero-order chi connectivity index (χ0) is 14.7. The van der Waals surface area contributed by atoms with Crippen molar-refractivity contribution in [3.05, 3.63) is 35.1 Å². The molecule has 1 aliphatic heterocycles. The van der Waals surface area contributed by atoms with Gasteiger partial charge in [-0.3, -0.25) is 0 Å². The zero-order valence-electron chi connectivity index (χ0n) is 11.8. The van der Waals surface area contributed by atoms with Crippen molar-refractivity contribution in [2.24, 2.45) is 0 Å². The summed E-state index contributed by atoms with van der Waals surface area (Å²) in [4.78, 5) is 8.74. The molecule has 21 heavy (non-hydrogen) atoms. The fourth-order valence-corrected chi connectivity index (χ4v) is 2.31. The Bertz CT molecular complexity index is 596. The summed E-state index contributed by atoms with van der Waals surface area (Å²) in [5.41, 5.74) is 0. The van der Waals surface area contributed by atoms with E-state index in [-0.39, 0.29) is 6.61 Å². The van der Waals surface area contributed by atoms with Gasteiger partial charge in [-0.05, 0) is 25.2 Å². The third kappa shape index (κ3) is 3.65. The zero-order valence-corrected chi connectivity index (χ0v) is 12.6. The summed E-state index contributed by atoms with van der Waals surface area (Å²) in [7, 11) is 2.11. The van der Waals surface area contributed by atoms with Crippen LogP contribution in [0.5, 0.6) is 5.75 Å². The fourth-order valence-electron chi connectivity index (χ4n) is 2.13. The molecular formula is C14H17ClN4O2. The van der Waals surface area contributed by atoms with Crippen LogP contribution in [0.1, 0.15) is 5.82 Å². The molecule has 0 amide bonds. The Hall–Kier alpha value is -1.79. The number of rotatable bonds is 4. The number of hydrogen-bond donors (Lipinski definition) is 0. The standard InChI is InChI=1S/C14H17ClN4O2/c1-18-5-7-19(8-6-18)14-16-13(17-21-14)10-20-12-4-2-3-11(15)9-12/h2-4,9H,5-8,10H2,1H3. The number of benzene rings is 1. The number of halogens is 1. The second kappa shape index (κ2) is 6.32. The molecule has 0 aliphatic carbocycles. The Kier molecular flexibility index (Phi) is 4.26. The number of aromatic nitrogens is 2. The van der Waals surface area contributed by atoms with Crippen LogP contribution in [0.2, 0.25) is 5.02 Å². The number of anilines is 1. The lowest BCUT2D eigenvalue weighted by Crippen LogP contribution is -2.44. The highest BCUT2D eigenvalue weighted by Gasteiger charge is 2.19. The van der Waals surface area contributed by atoms with Gasteiger partial charge in [0.2, 0.25) is 5.82 Å². The second-order valence-corrected chi connectivity index (χ2v) is 5.47. The molecule has 0 radical (unpaired) electrons. The Morgan fingerprint density at radius 3 is 2.86 bits per heavy atom. The maximum atomic E-state index is 5.90. The first-order valence-electron chi connectivity index (χ1n) is 6.85. The summed E-state index contributed by atoms with van der Waals surface area (Å²) >= 11 is 5.90. The molecule has 2 aromatic rings. The summed E-state index contributed by atoms with van der Waals surface area (Å²) in [6, 6.07) is 7.79. The van der Waals surface area contributed by atoms with E-state index < -0.39 is 0 Å². The Morgan fingerprint density at radius 1 is 1.29 bits per heavy atom. The Morgan fingerprint density at radius 2 is 2.10 bits per heavy atom. The van der Waals surface area contributed by atoms with Crippen molar-refractivity contribution in [2.45, 2.75) is 6.61 Å². The maximum absolute atomic E-state index is 5.90. The third-order valence-electron chi connectivity index (χ3n) is 3.40. The first-order valence-corrected chi connectivity index (χ1v) is 7.23. The van der Waals surface area contributed by atoms with Gasteiger partial charge in [-0.1, -0.05) is 22.8 Å². The molecule has 6 nitrogen and oxygen atoms in total. The van der Waals surface area contributed by atoms with Crippen LogP contribution >= 0.6 is 11.6 Å². The van der Waals surface area contributed by atoms with Crippen LogP contribution in [0, 0.1) is 0 Å². The molecule has 1 saturated heterocycles. The van der Waals surface area contributed by atoms with Crippen LogP contribution in [-0.4, -0.2) is 48.3 Å². The minimum atomic E-state index is 0.261. The topological polar surface area (TPSA) is 54.6 Å².